The number of carbonyl (C=O) groups is 1. The Bertz CT molecular complexity index is 855. The number of thiophene rings is 1. The van der Waals surface area contributed by atoms with E-state index in [4.69, 9.17) is 4.42 Å². The van der Waals surface area contributed by atoms with Crippen LogP contribution < -0.4 is 5.32 Å². The third-order valence-electron chi connectivity index (χ3n) is 3.77. The summed E-state index contributed by atoms with van der Waals surface area (Å²) >= 11 is 2.97. The first-order valence-corrected chi connectivity index (χ1v) is 10.2. The zero-order valence-corrected chi connectivity index (χ0v) is 16.6. The Hall–Kier alpha value is -2.12. The molecule has 0 bridgehead atoms. The molecule has 7 heteroatoms. The van der Waals surface area contributed by atoms with Gasteiger partial charge in [0.15, 0.2) is 0 Å². The SMILES string of the molecule is Cc1cc(C)cc(-c2nnc(SC(C)C(=O)NCCc3cccs3)o2)c1. The molecule has 1 amide bonds. The molecule has 1 atom stereocenters. The van der Waals surface area contributed by atoms with E-state index in [9.17, 15) is 4.79 Å². The third kappa shape index (κ3) is 4.95. The normalized spacial score (nSPS) is 12.1. The van der Waals surface area contributed by atoms with Crippen LogP contribution in [0.3, 0.4) is 0 Å². The molecule has 1 aromatic carbocycles. The summed E-state index contributed by atoms with van der Waals surface area (Å²) in [4.78, 5) is 13.5. The van der Waals surface area contributed by atoms with Crippen molar-refractivity contribution in [3.05, 3.63) is 51.7 Å². The maximum Gasteiger partial charge on any atom is 0.277 e. The van der Waals surface area contributed by atoms with Gasteiger partial charge < -0.3 is 9.73 Å². The van der Waals surface area contributed by atoms with Crippen molar-refractivity contribution in [2.24, 2.45) is 0 Å². The molecule has 0 radical (unpaired) electrons. The van der Waals surface area contributed by atoms with Gasteiger partial charge in [-0.25, -0.2) is 0 Å². The Balaban J connectivity index is 1.55. The summed E-state index contributed by atoms with van der Waals surface area (Å²) in [5.74, 6) is 0.447. The Morgan fingerprint density at radius 1 is 1.27 bits per heavy atom. The van der Waals surface area contributed by atoms with Crippen LogP contribution >= 0.6 is 23.1 Å². The molecular weight excluding hydrogens is 366 g/mol. The van der Waals surface area contributed by atoms with E-state index in [1.54, 1.807) is 11.3 Å². The lowest BCUT2D eigenvalue weighted by Crippen LogP contribution is -2.32. The van der Waals surface area contributed by atoms with Gasteiger partial charge in [0.25, 0.3) is 5.22 Å². The number of amides is 1. The van der Waals surface area contributed by atoms with E-state index in [1.807, 2.05) is 44.4 Å². The highest BCUT2D eigenvalue weighted by Crippen LogP contribution is 2.27. The van der Waals surface area contributed by atoms with Crippen molar-refractivity contribution in [1.82, 2.24) is 15.5 Å². The van der Waals surface area contributed by atoms with Crippen LogP contribution in [0, 0.1) is 13.8 Å². The lowest BCUT2D eigenvalue weighted by atomic mass is 10.1. The fourth-order valence-corrected chi connectivity index (χ4v) is 4.00. The molecule has 0 fully saturated rings. The van der Waals surface area contributed by atoms with Crippen molar-refractivity contribution < 1.29 is 9.21 Å². The lowest BCUT2D eigenvalue weighted by molar-refractivity contribution is -0.120. The number of aromatic nitrogens is 2. The summed E-state index contributed by atoms with van der Waals surface area (Å²) in [7, 11) is 0. The molecule has 2 aromatic heterocycles. The molecule has 3 rings (SSSR count). The van der Waals surface area contributed by atoms with Crippen LogP contribution in [0.5, 0.6) is 0 Å². The molecule has 0 saturated carbocycles. The van der Waals surface area contributed by atoms with Crippen LogP contribution in [0.25, 0.3) is 11.5 Å². The number of hydrogen-bond acceptors (Lipinski definition) is 6. The van der Waals surface area contributed by atoms with Gasteiger partial charge in [0, 0.05) is 17.0 Å². The minimum Gasteiger partial charge on any atom is -0.411 e. The molecule has 0 aliphatic carbocycles. The van der Waals surface area contributed by atoms with Crippen LogP contribution in [0.2, 0.25) is 0 Å². The third-order valence-corrected chi connectivity index (χ3v) is 5.64. The van der Waals surface area contributed by atoms with Crippen molar-refractivity contribution in [3.8, 4) is 11.5 Å². The van der Waals surface area contributed by atoms with E-state index >= 15 is 0 Å². The number of rotatable bonds is 7. The number of benzene rings is 1. The second-order valence-corrected chi connectivity index (χ2v) is 8.45. The Labute approximate surface area is 161 Å². The van der Waals surface area contributed by atoms with E-state index in [0.717, 1.165) is 23.1 Å². The fourth-order valence-electron chi connectivity index (χ4n) is 2.58. The summed E-state index contributed by atoms with van der Waals surface area (Å²) in [6.07, 6.45) is 0.845. The van der Waals surface area contributed by atoms with E-state index in [2.05, 4.69) is 27.6 Å². The van der Waals surface area contributed by atoms with Gasteiger partial charge >= 0.3 is 0 Å². The largest absolute Gasteiger partial charge is 0.411 e. The molecule has 1 N–H and O–H groups in total. The van der Waals surface area contributed by atoms with Gasteiger partial charge in [0.1, 0.15) is 0 Å². The fraction of sp³-hybridized carbons (Fsp3) is 0.316. The molecule has 26 heavy (non-hydrogen) atoms. The van der Waals surface area contributed by atoms with Crippen molar-refractivity contribution in [2.45, 2.75) is 37.7 Å². The maximum absolute atomic E-state index is 12.2. The first-order chi connectivity index (χ1) is 12.5. The number of hydrogen-bond donors (Lipinski definition) is 1. The quantitative estimate of drug-likeness (QED) is 0.614. The molecule has 2 heterocycles. The molecule has 1 unspecified atom stereocenters. The van der Waals surface area contributed by atoms with Crippen molar-refractivity contribution in [3.63, 3.8) is 0 Å². The van der Waals surface area contributed by atoms with Gasteiger partial charge in [-0.1, -0.05) is 35.0 Å². The minimum absolute atomic E-state index is 0.0299. The second-order valence-electron chi connectivity index (χ2n) is 6.13. The highest BCUT2D eigenvalue weighted by molar-refractivity contribution is 8.00. The Morgan fingerprint density at radius 2 is 2.04 bits per heavy atom. The van der Waals surface area contributed by atoms with Crippen LogP contribution in [-0.2, 0) is 11.2 Å². The van der Waals surface area contributed by atoms with Crippen molar-refractivity contribution >= 4 is 29.0 Å². The van der Waals surface area contributed by atoms with E-state index in [-0.39, 0.29) is 11.2 Å². The monoisotopic (exact) mass is 387 g/mol. The standard InChI is InChI=1S/C19H21N3O2S2/c1-12-9-13(2)11-15(10-12)18-21-22-19(24-18)26-14(3)17(23)20-7-6-16-5-4-8-25-16/h4-5,8-11,14H,6-7H2,1-3H3,(H,20,23). The van der Waals surface area contributed by atoms with Crippen LogP contribution in [0.15, 0.2) is 45.4 Å². The predicted molar refractivity (Wildman–Crippen MR) is 106 cm³/mol. The number of carbonyl (C=O) groups excluding carboxylic acids is 1. The molecule has 3 aromatic rings. The van der Waals surface area contributed by atoms with Crippen molar-refractivity contribution in [1.29, 1.82) is 0 Å². The lowest BCUT2D eigenvalue weighted by Gasteiger charge is -2.09. The molecule has 0 spiro atoms. The summed E-state index contributed by atoms with van der Waals surface area (Å²) < 4.78 is 5.73. The van der Waals surface area contributed by atoms with Crippen LogP contribution in [0.4, 0.5) is 0 Å². The summed E-state index contributed by atoms with van der Waals surface area (Å²) in [6, 6.07) is 10.2. The first kappa shape index (κ1) is 18.7. The molecular formula is C19H21N3O2S2. The maximum atomic E-state index is 12.2. The van der Waals surface area contributed by atoms with Crippen molar-refractivity contribution in [2.75, 3.05) is 6.54 Å². The van der Waals surface area contributed by atoms with Crippen LogP contribution in [0.1, 0.15) is 22.9 Å². The second kappa shape index (κ2) is 8.51. The van der Waals surface area contributed by atoms with E-state index in [0.29, 0.717) is 17.7 Å². The number of nitrogens with one attached hydrogen (secondary N) is 1. The Morgan fingerprint density at radius 3 is 2.73 bits per heavy atom. The Kier molecular flexibility index (Phi) is 6.11. The smallest absolute Gasteiger partial charge is 0.277 e. The van der Waals surface area contributed by atoms with Gasteiger partial charge in [-0.15, -0.1) is 21.5 Å². The van der Waals surface area contributed by atoms with Gasteiger partial charge in [0.2, 0.25) is 11.8 Å². The van der Waals surface area contributed by atoms with E-state index < -0.39 is 0 Å². The first-order valence-electron chi connectivity index (χ1n) is 8.40. The van der Waals surface area contributed by atoms with Gasteiger partial charge in [-0.2, -0.15) is 0 Å². The average Bonchev–Trinajstić information content (AvgIpc) is 3.25. The molecule has 5 nitrogen and oxygen atoms in total. The highest BCUT2D eigenvalue weighted by atomic mass is 32.2. The van der Waals surface area contributed by atoms with E-state index in [1.165, 1.54) is 16.6 Å². The number of thioether (sulfide) groups is 1. The molecule has 136 valence electrons. The minimum atomic E-state index is -0.300. The highest BCUT2D eigenvalue weighted by Gasteiger charge is 2.18. The number of aryl methyl sites for hydroxylation is 2. The topological polar surface area (TPSA) is 68.0 Å². The average molecular weight is 388 g/mol. The summed E-state index contributed by atoms with van der Waals surface area (Å²) in [5.41, 5.74) is 3.19. The van der Waals surface area contributed by atoms with Gasteiger partial charge in [-0.3, -0.25) is 4.79 Å². The summed E-state index contributed by atoms with van der Waals surface area (Å²) in [5, 5.41) is 13.3. The predicted octanol–water partition coefficient (Wildman–Crippen LogP) is 4.25. The van der Waals surface area contributed by atoms with Gasteiger partial charge in [0.05, 0.1) is 5.25 Å². The van der Waals surface area contributed by atoms with Crippen LogP contribution in [-0.4, -0.2) is 27.9 Å². The zero-order valence-electron chi connectivity index (χ0n) is 15.0. The number of nitrogens with zero attached hydrogens (tertiary/aromatic N) is 2. The molecule has 0 aliphatic rings. The van der Waals surface area contributed by atoms with Gasteiger partial charge in [-0.05, 0) is 50.8 Å². The molecule has 0 aliphatic heterocycles. The molecule has 0 saturated heterocycles. The zero-order chi connectivity index (χ0) is 18.5. The summed E-state index contributed by atoms with van der Waals surface area (Å²) in [6.45, 7) is 6.53.